The first-order valence-electron chi connectivity index (χ1n) is 9.32. The van der Waals surface area contributed by atoms with E-state index in [1.54, 1.807) is 0 Å². The van der Waals surface area contributed by atoms with Gasteiger partial charge in [-0.1, -0.05) is 28.1 Å². The fraction of sp³-hybridized carbons (Fsp3) is 0.500. The molecule has 6 heteroatoms. The maximum absolute atomic E-state index is 4.56. The van der Waals surface area contributed by atoms with Crippen molar-refractivity contribution in [1.29, 1.82) is 0 Å². The molecule has 0 atom stereocenters. The molecule has 1 aliphatic carbocycles. The third kappa shape index (κ3) is 5.68. The number of anilines is 2. The zero-order valence-corrected chi connectivity index (χ0v) is 17.2. The summed E-state index contributed by atoms with van der Waals surface area (Å²) < 4.78 is 1.14. The predicted molar refractivity (Wildman–Crippen MR) is 112 cm³/mol. The van der Waals surface area contributed by atoms with Gasteiger partial charge in [0.1, 0.15) is 5.82 Å². The van der Waals surface area contributed by atoms with Crippen molar-refractivity contribution in [3.63, 3.8) is 0 Å². The van der Waals surface area contributed by atoms with E-state index in [0.717, 1.165) is 35.2 Å². The molecule has 140 valence electrons. The molecule has 2 N–H and O–H groups in total. The molecule has 1 saturated carbocycles. The summed E-state index contributed by atoms with van der Waals surface area (Å²) in [4.78, 5) is 10.9. The van der Waals surface area contributed by atoms with Gasteiger partial charge in [0.25, 0.3) is 0 Å². The van der Waals surface area contributed by atoms with E-state index in [1.807, 2.05) is 31.3 Å². The highest BCUT2D eigenvalue weighted by Crippen LogP contribution is 2.26. The summed E-state index contributed by atoms with van der Waals surface area (Å²) >= 11 is 3.53. The molecular weight excluding hydrogens is 390 g/mol. The molecule has 0 unspecified atom stereocenters. The van der Waals surface area contributed by atoms with Gasteiger partial charge in [-0.2, -0.15) is 4.98 Å². The maximum atomic E-state index is 4.56. The minimum absolute atomic E-state index is 0.480. The number of aromatic nitrogens is 2. The Kier molecular flexibility index (Phi) is 6.86. The fourth-order valence-electron chi connectivity index (χ4n) is 3.43. The van der Waals surface area contributed by atoms with E-state index < -0.39 is 0 Å². The van der Waals surface area contributed by atoms with Crippen molar-refractivity contribution in [2.45, 2.75) is 38.3 Å². The molecule has 0 spiro atoms. The summed E-state index contributed by atoms with van der Waals surface area (Å²) in [7, 11) is 4.00. The van der Waals surface area contributed by atoms with E-state index in [2.05, 4.69) is 60.8 Å². The lowest BCUT2D eigenvalue weighted by atomic mass is 9.86. The van der Waals surface area contributed by atoms with Crippen molar-refractivity contribution in [2.75, 3.05) is 30.9 Å². The molecule has 3 rings (SSSR count). The van der Waals surface area contributed by atoms with Crippen LogP contribution in [0.3, 0.4) is 0 Å². The summed E-state index contributed by atoms with van der Waals surface area (Å²) in [6.45, 7) is 2.02. The van der Waals surface area contributed by atoms with Crippen LogP contribution in [0.2, 0.25) is 0 Å². The molecule has 1 fully saturated rings. The van der Waals surface area contributed by atoms with Crippen molar-refractivity contribution in [2.24, 2.45) is 5.92 Å². The van der Waals surface area contributed by atoms with E-state index in [0.29, 0.717) is 6.04 Å². The van der Waals surface area contributed by atoms with Crippen molar-refractivity contribution < 1.29 is 0 Å². The van der Waals surface area contributed by atoms with Crippen LogP contribution in [-0.2, 0) is 6.54 Å². The Morgan fingerprint density at radius 3 is 2.69 bits per heavy atom. The van der Waals surface area contributed by atoms with Crippen LogP contribution in [-0.4, -0.2) is 36.6 Å². The molecule has 1 aromatic heterocycles. The van der Waals surface area contributed by atoms with Gasteiger partial charge in [0.05, 0.1) is 0 Å². The van der Waals surface area contributed by atoms with Crippen LogP contribution in [0.1, 0.15) is 31.2 Å². The average molecular weight is 418 g/mol. The average Bonchev–Trinajstić information content (AvgIpc) is 2.63. The predicted octanol–water partition coefficient (Wildman–Crippen LogP) is 4.07. The van der Waals surface area contributed by atoms with Crippen LogP contribution >= 0.6 is 15.9 Å². The van der Waals surface area contributed by atoms with Gasteiger partial charge in [-0.3, -0.25) is 0 Å². The van der Waals surface area contributed by atoms with Gasteiger partial charge in [0.15, 0.2) is 0 Å². The van der Waals surface area contributed by atoms with Crippen molar-refractivity contribution >= 4 is 27.7 Å². The molecule has 1 heterocycles. The van der Waals surface area contributed by atoms with E-state index >= 15 is 0 Å². The van der Waals surface area contributed by atoms with Crippen LogP contribution < -0.4 is 15.5 Å². The Bertz CT molecular complexity index is 698. The van der Waals surface area contributed by atoms with Gasteiger partial charge in [-0.15, -0.1) is 0 Å². The van der Waals surface area contributed by atoms with Gasteiger partial charge >= 0.3 is 0 Å². The molecule has 1 aromatic carbocycles. The van der Waals surface area contributed by atoms with E-state index in [1.165, 1.54) is 31.2 Å². The number of hydrogen-bond donors (Lipinski definition) is 2. The quantitative estimate of drug-likeness (QED) is 0.710. The molecule has 0 amide bonds. The molecule has 1 aliphatic rings. The van der Waals surface area contributed by atoms with Gasteiger partial charge in [-0.05, 0) is 61.9 Å². The van der Waals surface area contributed by atoms with Crippen LogP contribution in [0.15, 0.2) is 41.0 Å². The summed E-state index contributed by atoms with van der Waals surface area (Å²) in [5.41, 5.74) is 1.33. The highest BCUT2D eigenvalue weighted by Gasteiger charge is 2.21. The standard InChI is InChI=1S/C20H28BrN5/c1-26(2)19-10-11-23-20(25-19)24-18-8-6-15(7-9-18)13-22-14-16-4-3-5-17(21)12-16/h3-5,10-12,15,18,22H,6-9,13-14H2,1-2H3,(H,23,24,25)/t15-,18+. The number of rotatable bonds is 7. The Morgan fingerprint density at radius 1 is 1.15 bits per heavy atom. The lowest BCUT2D eigenvalue weighted by molar-refractivity contribution is 0.323. The van der Waals surface area contributed by atoms with Crippen molar-refractivity contribution in [3.05, 3.63) is 46.6 Å². The fourth-order valence-corrected chi connectivity index (χ4v) is 3.88. The summed E-state index contributed by atoms with van der Waals surface area (Å²) in [5.74, 6) is 2.44. The van der Waals surface area contributed by atoms with E-state index in [9.17, 15) is 0 Å². The SMILES string of the molecule is CN(C)c1ccnc(N[C@H]2CC[C@@H](CNCc3cccc(Br)c3)CC2)n1. The Labute approximate surface area is 164 Å². The van der Waals surface area contributed by atoms with Crippen LogP contribution in [0.5, 0.6) is 0 Å². The molecular formula is C20H28BrN5. The molecule has 26 heavy (non-hydrogen) atoms. The zero-order chi connectivity index (χ0) is 18.4. The Hall–Kier alpha value is -1.66. The normalized spacial score (nSPS) is 20.0. The molecule has 0 bridgehead atoms. The number of hydrogen-bond acceptors (Lipinski definition) is 5. The number of halogens is 1. The molecule has 0 radical (unpaired) electrons. The maximum Gasteiger partial charge on any atom is 0.224 e. The van der Waals surface area contributed by atoms with E-state index in [-0.39, 0.29) is 0 Å². The second kappa shape index (κ2) is 9.33. The topological polar surface area (TPSA) is 53.1 Å². The minimum Gasteiger partial charge on any atom is -0.363 e. The third-order valence-corrected chi connectivity index (χ3v) is 5.42. The first-order valence-corrected chi connectivity index (χ1v) is 10.1. The minimum atomic E-state index is 0.480. The highest BCUT2D eigenvalue weighted by molar-refractivity contribution is 9.10. The largest absolute Gasteiger partial charge is 0.363 e. The molecule has 5 nitrogen and oxygen atoms in total. The number of nitrogens with one attached hydrogen (secondary N) is 2. The van der Waals surface area contributed by atoms with Gasteiger partial charge in [0, 0.05) is 37.4 Å². The molecule has 2 aromatic rings. The molecule has 0 saturated heterocycles. The van der Waals surface area contributed by atoms with Crippen molar-refractivity contribution in [1.82, 2.24) is 15.3 Å². The van der Waals surface area contributed by atoms with Gasteiger partial charge < -0.3 is 15.5 Å². The smallest absolute Gasteiger partial charge is 0.224 e. The molecule has 0 aliphatic heterocycles. The van der Waals surface area contributed by atoms with E-state index in [4.69, 9.17) is 0 Å². The lowest BCUT2D eigenvalue weighted by Crippen LogP contribution is -2.31. The van der Waals surface area contributed by atoms with Crippen LogP contribution in [0.25, 0.3) is 0 Å². The third-order valence-electron chi connectivity index (χ3n) is 4.93. The second-order valence-electron chi connectivity index (χ2n) is 7.26. The summed E-state index contributed by atoms with van der Waals surface area (Å²) in [6, 6.07) is 10.9. The Balaban J connectivity index is 1.39. The van der Waals surface area contributed by atoms with Gasteiger partial charge in [0.2, 0.25) is 5.95 Å². The first-order chi connectivity index (χ1) is 12.6. The lowest BCUT2D eigenvalue weighted by Gasteiger charge is -2.29. The monoisotopic (exact) mass is 417 g/mol. The Morgan fingerprint density at radius 2 is 1.96 bits per heavy atom. The number of benzene rings is 1. The first kappa shape index (κ1) is 19.1. The van der Waals surface area contributed by atoms with Crippen molar-refractivity contribution in [3.8, 4) is 0 Å². The van der Waals surface area contributed by atoms with Crippen LogP contribution in [0, 0.1) is 5.92 Å². The highest BCUT2D eigenvalue weighted by atomic mass is 79.9. The zero-order valence-electron chi connectivity index (χ0n) is 15.6. The van der Waals surface area contributed by atoms with Gasteiger partial charge in [-0.25, -0.2) is 4.98 Å². The summed E-state index contributed by atoms with van der Waals surface area (Å²) in [5, 5.41) is 7.12. The summed E-state index contributed by atoms with van der Waals surface area (Å²) in [6.07, 6.45) is 6.67. The second-order valence-corrected chi connectivity index (χ2v) is 8.17. The van der Waals surface area contributed by atoms with Crippen LogP contribution in [0.4, 0.5) is 11.8 Å². The number of nitrogens with zero attached hydrogens (tertiary/aromatic N) is 3.